The molecule has 1 aromatic carbocycles. The zero-order valence-corrected chi connectivity index (χ0v) is 16.0. The molecule has 1 heterocycles. The fourth-order valence-electron chi connectivity index (χ4n) is 3.49. The van der Waals surface area contributed by atoms with E-state index in [9.17, 15) is 14.4 Å². The van der Waals surface area contributed by atoms with E-state index in [0.717, 1.165) is 31.2 Å². The lowest BCUT2D eigenvalue weighted by atomic mass is 9.91. The minimum atomic E-state index is -0.509. The number of carbonyl (C=O) groups excluding carboxylic acids is 2. The highest BCUT2D eigenvalue weighted by Crippen LogP contribution is 2.17. The monoisotopic (exact) mass is 382 g/mol. The summed E-state index contributed by atoms with van der Waals surface area (Å²) in [6.07, 6.45) is 4.94. The maximum Gasteiger partial charge on any atom is 0.263 e. The van der Waals surface area contributed by atoms with E-state index >= 15 is 0 Å². The van der Waals surface area contributed by atoms with Gasteiger partial charge in [0.15, 0.2) is 0 Å². The molecule has 0 aliphatic heterocycles. The van der Waals surface area contributed by atoms with Crippen LogP contribution < -0.4 is 21.9 Å². The Kier molecular flexibility index (Phi) is 6.26. The molecule has 2 aromatic rings. The Hall–Kier alpha value is -2.93. The third-order valence-corrected chi connectivity index (χ3v) is 5.12. The van der Waals surface area contributed by atoms with Gasteiger partial charge in [0.2, 0.25) is 0 Å². The summed E-state index contributed by atoms with van der Waals surface area (Å²) in [4.78, 5) is 37.7. The van der Waals surface area contributed by atoms with Gasteiger partial charge in [-0.05, 0) is 37.3 Å². The van der Waals surface area contributed by atoms with Crippen molar-refractivity contribution in [2.24, 2.45) is 5.73 Å². The van der Waals surface area contributed by atoms with Crippen LogP contribution in [-0.4, -0.2) is 35.5 Å². The van der Waals surface area contributed by atoms with E-state index < -0.39 is 11.5 Å². The smallest absolute Gasteiger partial charge is 0.263 e. The second-order valence-electron chi connectivity index (χ2n) is 7.23. The molecule has 0 saturated heterocycles. The quantitative estimate of drug-likeness (QED) is 0.724. The lowest BCUT2D eigenvalue weighted by molar-refractivity contribution is 0.0925. The first-order valence-corrected chi connectivity index (χ1v) is 9.55. The molecule has 4 N–H and O–H groups in total. The molecule has 1 aromatic heterocycles. The number of rotatable bonds is 5. The van der Waals surface area contributed by atoms with E-state index in [1.54, 1.807) is 0 Å². The average molecular weight is 382 g/mol. The van der Waals surface area contributed by atoms with Gasteiger partial charge in [-0.25, -0.2) is 0 Å². The predicted molar refractivity (Wildman–Crippen MR) is 107 cm³/mol. The van der Waals surface area contributed by atoms with Crippen LogP contribution in [0.5, 0.6) is 0 Å². The van der Waals surface area contributed by atoms with Crippen LogP contribution in [0.4, 0.5) is 0 Å². The van der Waals surface area contributed by atoms with Crippen molar-refractivity contribution in [1.29, 1.82) is 0 Å². The molecular formula is C21H26N4O3. The third-order valence-electron chi connectivity index (χ3n) is 5.12. The van der Waals surface area contributed by atoms with E-state index in [4.69, 9.17) is 5.73 Å². The molecule has 1 aliphatic carbocycles. The van der Waals surface area contributed by atoms with Crippen molar-refractivity contribution in [1.82, 2.24) is 15.2 Å². The number of nitrogens with zero attached hydrogens (tertiary/aromatic N) is 1. The van der Waals surface area contributed by atoms with Gasteiger partial charge < -0.3 is 20.9 Å². The highest BCUT2D eigenvalue weighted by atomic mass is 16.2. The van der Waals surface area contributed by atoms with Crippen molar-refractivity contribution in [3.8, 4) is 0 Å². The van der Waals surface area contributed by atoms with E-state index in [1.807, 2.05) is 30.3 Å². The van der Waals surface area contributed by atoms with Crippen LogP contribution in [0.1, 0.15) is 52.0 Å². The van der Waals surface area contributed by atoms with Gasteiger partial charge in [0.1, 0.15) is 5.56 Å². The Morgan fingerprint density at radius 3 is 2.43 bits per heavy atom. The number of aromatic nitrogens is 1. The van der Waals surface area contributed by atoms with E-state index in [0.29, 0.717) is 5.56 Å². The van der Waals surface area contributed by atoms with Crippen LogP contribution in [0.3, 0.4) is 0 Å². The molecule has 2 amide bonds. The zero-order chi connectivity index (χ0) is 20.1. The maximum absolute atomic E-state index is 12.8. The van der Waals surface area contributed by atoms with Crippen LogP contribution in [0, 0.1) is 0 Å². The summed E-state index contributed by atoms with van der Waals surface area (Å²) in [6.45, 7) is 0.281. The average Bonchev–Trinajstić information content (AvgIpc) is 2.71. The number of nitrogens with one attached hydrogen (secondary N) is 2. The zero-order valence-electron chi connectivity index (χ0n) is 16.0. The van der Waals surface area contributed by atoms with Crippen molar-refractivity contribution in [2.45, 2.75) is 44.3 Å². The molecule has 0 unspecified atom stereocenters. The first-order valence-electron chi connectivity index (χ1n) is 9.55. The lowest BCUT2D eigenvalue weighted by Gasteiger charge is -2.27. The molecule has 148 valence electrons. The van der Waals surface area contributed by atoms with Crippen molar-refractivity contribution in [3.63, 3.8) is 0 Å². The summed E-state index contributed by atoms with van der Waals surface area (Å²) >= 11 is 0. The van der Waals surface area contributed by atoms with Gasteiger partial charge in [-0.15, -0.1) is 0 Å². The minimum absolute atomic E-state index is 0.0447. The Bertz CT molecular complexity index is 900. The molecule has 1 fully saturated rings. The molecular weight excluding hydrogens is 356 g/mol. The minimum Gasteiger partial charge on any atom is -0.355 e. The molecule has 1 saturated carbocycles. The van der Waals surface area contributed by atoms with Gasteiger partial charge in [-0.3, -0.25) is 14.4 Å². The van der Waals surface area contributed by atoms with Gasteiger partial charge >= 0.3 is 0 Å². The predicted octanol–water partition coefficient (Wildman–Crippen LogP) is 1.26. The van der Waals surface area contributed by atoms with E-state index in [1.165, 1.54) is 23.9 Å². The molecule has 0 spiro atoms. The number of carbonyl (C=O) groups is 2. The summed E-state index contributed by atoms with van der Waals surface area (Å²) in [6, 6.07) is 11.1. The highest BCUT2D eigenvalue weighted by Gasteiger charge is 2.22. The number of hydrogen-bond donors (Lipinski definition) is 3. The van der Waals surface area contributed by atoms with Crippen molar-refractivity contribution >= 4 is 11.8 Å². The largest absolute Gasteiger partial charge is 0.355 e. The van der Waals surface area contributed by atoms with Crippen LogP contribution in [0.15, 0.2) is 47.4 Å². The second kappa shape index (κ2) is 8.84. The fourth-order valence-corrected chi connectivity index (χ4v) is 3.49. The Morgan fingerprint density at radius 2 is 1.79 bits per heavy atom. The molecule has 0 atom stereocenters. The van der Waals surface area contributed by atoms with Gasteiger partial charge in [-0.1, -0.05) is 30.3 Å². The summed E-state index contributed by atoms with van der Waals surface area (Å²) in [5.41, 5.74) is 6.65. The van der Waals surface area contributed by atoms with Gasteiger partial charge in [-0.2, -0.15) is 0 Å². The fraction of sp³-hybridized carbons (Fsp3) is 0.381. The van der Waals surface area contributed by atoms with Gasteiger partial charge in [0.25, 0.3) is 17.4 Å². The molecule has 1 aliphatic rings. The number of hydrogen-bond acceptors (Lipinski definition) is 4. The van der Waals surface area contributed by atoms with Crippen LogP contribution in [-0.2, 0) is 6.54 Å². The Balaban J connectivity index is 1.89. The van der Waals surface area contributed by atoms with Gasteiger partial charge in [0.05, 0.1) is 12.1 Å². The van der Waals surface area contributed by atoms with Crippen LogP contribution in [0.2, 0.25) is 0 Å². The Morgan fingerprint density at radius 1 is 1.11 bits per heavy atom. The Labute approximate surface area is 163 Å². The maximum atomic E-state index is 12.8. The number of pyridine rings is 1. The lowest BCUT2D eigenvalue weighted by Crippen LogP contribution is -2.41. The highest BCUT2D eigenvalue weighted by molar-refractivity contribution is 5.99. The van der Waals surface area contributed by atoms with Crippen LogP contribution >= 0.6 is 0 Å². The molecule has 28 heavy (non-hydrogen) atoms. The van der Waals surface area contributed by atoms with E-state index in [-0.39, 0.29) is 30.1 Å². The standard InChI is InChI=1S/C21H26N4O3/c1-23-20(27)18-11-15(19(26)24-17-9-7-16(22)8-10-17)13-25(21(18)28)12-14-5-3-2-4-6-14/h2-6,11,13,16-17H,7-10,12,22H2,1H3,(H,23,27)(H,24,26). The second-order valence-corrected chi connectivity index (χ2v) is 7.23. The topological polar surface area (TPSA) is 106 Å². The summed E-state index contributed by atoms with van der Waals surface area (Å²) in [7, 11) is 1.46. The van der Waals surface area contributed by atoms with Gasteiger partial charge in [0, 0.05) is 25.3 Å². The van der Waals surface area contributed by atoms with Crippen LogP contribution in [0.25, 0.3) is 0 Å². The first kappa shape index (κ1) is 19.8. The van der Waals surface area contributed by atoms with Crippen molar-refractivity contribution < 1.29 is 9.59 Å². The first-order chi connectivity index (χ1) is 13.5. The SMILES string of the molecule is CNC(=O)c1cc(C(=O)NC2CCC(N)CC2)cn(Cc2ccccc2)c1=O. The molecule has 0 bridgehead atoms. The number of nitrogens with two attached hydrogens (primary N) is 1. The normalized spacial score (nSPS) is 19.1. The summed E-state index contributed by atoms with van der Waals surface area (Å²) < 4.78 is 1.41. The third kappa shape index (κ3) is 4.67. The summed E-state index contributed by atoms with van der Waals surface area (Å²) in [5, 5.41) is 5.48. The number of benzene rings is 1. The van der Waals surface area contributed by atoms with Crippen molar-refractivity contribution in [2.75, 3.05) is 7.05 Å². The number of amides is 2. The molecule has 3 rings (SSSR count). The molecule has 0 radical (unpaired) electrons. The van der Waals surface area contributed by atoms with Crippen molar-refractivity contribution in [3.05, 3.63) is 69.6 Å². The van der Waals surface area contributed by atoms with E-state index in [2.05, 4.69) is 10.6 Å². The summed E-state index contributed by atoms with van der Waals surface area (Å²) in [5.74, 6) is -0.794. The molecule has 7 nitrogen and oxygen atoms in total. The molecule has 7 heteroatoms.